The van der Waals surface area contributed by atoms with Crippen LogP contribution >= 0.6 is 11.8 Å². The topological polar surface area (TPSA) is 74.0 Å². The summed E-state index contributed by atoms with van der Waals surface area (Å²) >= 11 is 1.79. The molecule has 0 aliphatic carbocycles. The van der Waals surface area contributed by atoms with Crippen LogP contribution in [-0.4, -0.2) is 36.3 Å². The minimum absolute atomic E-state index is 0.00876. The molecule has 0 spiro atoms. The molecule has 0 atom stereocenters. The van der Waals surface area contributed by atoms with Gasteiger partial charge in [0.05, 0.1) is 0 Å². The first-order valence-corrected chi connectivity index (χ1v) is 10.6. The molecule has 140 valence electrons. The van der Waals surface area contributed by atoms with E-state index in [0.29, 0.717) is 12.1 Å². The van der Waals surface area contributed by atoms with Crippen molar-refractivity contribution in [2.75, 3.05) is 25.4 Å². The van der Waals surface area contributed by atoms with E-state index in [2.05, 4.69) is 22.5 Å². The smallest absolute Gasteiger partial charge is 0.252 e. The zero-order valence-corrected chi connectivity index (χ0v) is 16.1. The van der Waals surface area contributed by atoms with Gasteiger partial charge < -0.3 is 15.6 Å². The van der Waals surface area contributed by atoms with E-state index in [1.54, 1.807) is 17.8 Å². The summed E-state index contributed by atoms with van der Waals surface area (Å²) in [5.74, 6) is 1.74. The molecule has 1 aliphatic rings. The average molecular weight is 374 g/mol. The summed E-state index contributed by atoms with van der Waals surface area (Å²) in [6.07, 6.45) is 4.12. The second-order valence-corrected chi connectivity index (χ2v) is 7.75. The number of carbonyl (C=O) groups is 1. The summed E-state index contributed by atoms with van der Waals surface area (Å²) in [4.78, 5) is 27.6. The average Bonchev–Trinajstić information content (AvgIpc) is 2.67. The second-order valence-electron chi connectivity index (χ2n) is 6.64. The Morgan fingerprint density at radius 2 is 2.04 bits per heavy atom. The Morgan fingerprint density at radius 3 is 2.88 bits per heavy atom. The molecule has 3 N–H and O–H groups in total. The molecule has 26 heavy (non-hydrogen) atoms. The van der Waals surface area contributed by atoms with Gasteiger partial charge >= 0.3 is 0 Å². The van der Waals surface area contributed by atoms with Gasteiger partial charge in [0, 0.05) is 34.3 Å². The molecule has 0 bridgehead atoms. The van der Waals surface area contributed by atoms with E-state index in [4.69, 9.17) is 0 Å². The highest BCUT2D eigenvalue weighted by molar-refractivity contribution is 7.98. The van der Waals surface area contributed by atoms with E-state index in [1.165, 1.54) is 0 Å². The lowest BCUT2D eigenvalue weighted by molar-refractivity contribution is 0.0953. The molecular formula is C20H27N3O2S. The van der Waals surface area contributed by atoms with Gasteiger partial charge in [0.25, 0.3) is 11.5 Å². The summed E-state index contributed by atoms with van der Waals surface area (Å²) in [6, 6.07) is 5.58. The highest BCUT2D eigenvalue weighted by atomic mass is 32.2. The number of aryl methyl sites for hydroxylation is 1. The van der Waals surface area contributed by atoms with Gasteiger partial charge in [-0.2, -0.15) is 11.8 Å². The van der Waals surface area contributed by atoms with Gasteiger partial charge in [-0.05, 0) is 61.9 Å². The molecule has 0 radical (unpaired) electrons. The first-order valence-electron chi connectivity index (χ1n) is 9.45. The van der Waals surface area contributed by atoms with E-state index in [1.807, 2.05) is 12.1 Å². The third kappa shape index (κ3) is 4.48. The number of thioether (sulfide) groups is 1. The number of hydrogen-bond donors (Lipinski definition) is 3. The fourth-order valence-electron chi connectivity index (χ4n) is 3.36. The predicted molar refractivity (Wildman–Crippen MR) is 109 cm³/mol. The molecule has 0 saturated carbocycles. The Balaban J connectivity index is 1.66. The van der Waals surface area contributed by atoms with Gasteiger partial charge in [-0.15, -0.1) is 0 Å². The number of aromatic nitrogens is 1. The molecule has 6 heteroatoms. The highest BCUT2D eigenvalue weighted by Crippen LogP contribution is 2.28. The van der Waals surface area contributed by atoms with Gasteiger partial charge in [-0.25, -0.2) is 0 Å². The number of carbonyl (C=O) groups excluding carboxylic acids is 1. The van der Waals surface area contributed by atoms with E-state index >= 15 is 0 Å². The van der Waals surface area contributed by atoms with Crippen molar-refractivity contribution in [2.45, 2.75) is 38.4 Å². The molecule has 1 aromatic carbocycles. The van der Waals surface area contributed by atoms with Crippen molar-refractivity contribution in [2.24, 2.45) is 0 Å². The maximum absolute atomic E-state index is 12.5. The molecule has 3 rings (SSSR count). The molecule has 1 aromatic heterocycles. The van der Waals surface area contributed by atoms with Crippen molar-refractivity contribution in [3.8, 4) is 0 Å². The predicted octanol–water partition coefficient (Wildman–Crippen LogP) is 2.83. The first-order chi connectivity index (χ1) is 12.7. The fourth-order valence-corrected chi connectivity index (χ4v) is 4.36. The van der Waals surface area contributed by atoms with Crippen LogP contribution in [0.4, 0.5) is 0 Å². The Labute approximate surface area is 158 Å². The molecule has 5 nitrogen and oxygen atoms in total. The number of rotatable bonds is 8. The zero-order chi connectivity index (χ0) is 18.4. The summed E-state index contributed by atoms with van der Waals surface area (Å²) in [7, 11) is 0. The fraction of sp³-hybridized carbons (Fsp3) is 0.500. The number of pyridine rings is 1. The Kier molecular flexibility index (Phi) is 6.74. The third-order valence-corrected chi connectivity index (χ3v) is 5.79. The van der Waals surface area contributed by atoms with Crippen LogP contribution in [-0.2, 0) is 12.2 Å². The summed E-state index contributed by atoms with van der Waals surface area (Å²) in [5, 5.41) is 7.33. The number of H-pyrrole nitrogens is 1. The summed E-state index contributed by atoms with van der Waals surface area (Å²) < 4.78 is 0. The zero-order valence-electron chi connectivity index (χ0n) is 15.3. The van der Waals surface area contributed by atoms with Gasteiger partial charge in [0.2, 0.25) is 0 Å². The molecule has 1 aliphatic heterocycles. The van der Waals surface area contributed by atoms with Crippen LogP contribution in [0.5, 0.6) is 0 Å². The number of unbranched alkanes of at least 4 members (excludes halogenated alkanes) is 2. The van der Waals surface area contributed by atoms with Crippen molar-refractivity contribution in [3.63, 3.8) is 0 Å². The molecule has 1 amide bonds. The molecule has 2 heterocycles. The van der Waals surface area contributed by atoms with Gasteiger partial charge in [0.1, 0.15) is 0 Å². The van der Waals surface area contributed by atoms with Crippen LogP contribution in [0.1, 0.15) is 47.7 Å². The van der Waals surface area contributed by atoms with E-state index < -0.39 is 0 Å². The van der Waals surface area contributed by atoms with Crippen molar-refractivity contribution < 1.29 is 4.79 Å². The number of hydrogen-bond acceptors (Lipinski definition) is 4. The van der Waals surface area contributed by atoms with Crippen molar-refractivity contribution >= 4 is 28.6 Å². The lowest BCUT2D eigenvalue weighted by Crippen LogP contribution is -2.25. The Hall–Kier alpha value is -1.79. The number of nitrogens with one attached hydrogen (secondary N) is 3. The van der Waals surface area contributed by atoms with Crippen LogP contribution in [0.3, 0.4) is 0 Å². The van der Waals surface area contributed by atoms with Crippen molar-refractivity contribution in [1.82, 2.24) is 15.6 Å². The standard InChI is InChI=1S/C20H27N3O2S/c1-2-21-9-4-3-5-10-22-19(24)14-6-7-18-16(12-14)15-8-11-26-13-17(15)20(25)23-18/h6-7,12,21H,2-5,8-11,13H2,1H3,(H,22,24)(H,23,25). The third-order valence-electron chi connectivity index (χ3n) is 4.80. The highest BCUT2D eigenvalue weighted by Gasteiger charge is 2.17. The largest absolute Gasteiger partial charge is 0.352 e. The summed E-state index contributed by atoms with van der Waals surface area (Å²) in [5.41, 5.74) is 3.47. The molecule has 0 unspecified atom stereocenters. The van der Waals surface area contributed by atoms with Crippen LogP contribution in [0.2, 0.25) is 0 Å². The lowest BCUT2D eigenvalue weighted by Gasteiger charge is -2.17. The van der Waals surface area contributed by atoms with Crippen molar-refractivity contribution in [1.29, 1.82) is 0 Å². The van der Waals surface area contributed by atoms with E-state index in [0.717, 1.165) is 72.3 Å². The molecule has 0 fully saturated rings. The van der Waals surface area contributed by atoms with E-state index in [9.17, 15) is 9.59 Å². The molecule has 2 aromatic rings. The lowest BCUT2D eigenvalue weighted by atomic mass is 9.99. The number of fused-ring (bicyclic) bond motifs is 3. The van der Waals surface area contributed by atoms with Gasteiger partial charge in [-0.1, -0.05) is 13.3 Å². The van der Waals surface area contributed by atoms with E-state index in [-0.39, 0.29) is 11.5 Å². The molecular weight excluding hydrogens is 346 g/mol. The molecule has 0 saturated heterocycles. The quantitative estimate of drug-likeness (QED) is 0.622. The second kappa shape index (κ2) is 9.24. The number of amides is 1. The van der Waals surface area contributed by atoms with Gasteiger partial charge in [0.15, 0.2) is 0 Å². The Bertz CT molecular complexity index is 832. The SMILES string of the molecule is CCNCCCCCNC(=O)c1ccc2[nH]c(=O)c3c(c2c1)CCSC3. The summed E-state index contributed by atoms with van der Waals surface area (Å²) in [6.45, 7) is 4.85. The Morgan fingerprint density at radius 1 is 1.19 bits per heavy atom. The minimum Gasteiger partial charge on any atom is -0.352 e. The van der Waals surface area contributed by atoms with Crippen LogP contribution in [0.15, 0.2) is 23.0 Å². The maximum Gasteiger partial charge on any atom is 0.252 e. The first kappa shape index (κ1) is 19.0. The normalized spacial score (nSPS) is 13.6. The maximum atomic E-state index is 12.5. The van der Waals surface area contributed by atoms with Crippen LogP contribution < -0.4 is 16.2 Å². The van der Waals surface area contributed by atoms with Crippen LogP contribution in [0, 0.1) is 0 Å². The van der Waals surface area contributed by atoms with Crippen molar-refractivity contribution in [3.05, 3.63) is 45.2 Å². The van der Waals surface area contributed by atoms with Crippen LogP contribution in [0.25, 0.3) is 10.9 Å². The minimum atomic E-state index is -0.0382. The monoisotopic (exact) mass is 373 g/mol. The van der Waals surface area contributed by atoms with Gasteiger partial charge in [-0.3, -0.25) is 9.59 Å². The number of aromatic amines is 1. The number of benzene rings is 1.